The first kappa shape index (κ1) is 12.7. The molecule has 0 amide bonds. The number of nitrogens with two attached hydrogens (primary N) is 1. The Morgan fingerprint density at radius 1 is 1.11 bits per heavy atom. The van der Waals surface area contributed by atoms with E-state index in [9.17, 15) is 13.0 Å². The minimum atomic E-state index is -1.41. The van der Waals surface area contributed by atoms with E-state index in [-0.39, 0.29) is 11.4 Å². The van der Waals surface area contributed by atoms with Gasteiger partial charge in [0, 0.05) is 4.90 Å². The normalized spacial score (nSPS) is 12.3. The summed E-state index contributed by atoms with van der Waals surface area (Å²) in [5, 5.41) is 0. The Bertz CT molecular complexity index is 601. The number of rotatable bonds is 3. The molecule has 94 valence electrons. The number of hydrogen-bond acceptors (Lipinski definition) is 2. The van der Waals surface area contributed by atoms with Crippen LogP contribution < -0.4 is 5.73 Å². The Kier molecular flexibility index (Phi) is 3.72. The van der Waals surface area contributed by atoms with Crippen molar-refractivity contribution in [2.75, 3.05) is 5.73 Å². The van der Waals surface area contributed by atoms with Gasteiger partial charge in [-0.05, 0) is 35.9 Å². The van der Waals surface area contributed by atoms with E-state index >= 15 is 0 Å². The zero-order valence-electron chi connectivity index (χ0n) is 9.40. The van der Waals surface area contributed by atoms with Gasteiger partial charge in [-0.2, -0.15) is 0 Å². The fourth-order valence-corrected chi connectivity index (χ4v) is 2.63. The number of halogens is 2. The molecule has 2 N–H and O–H groups in total. The third-order valence-electron chi connectivity index (χ3n) is 2.42. The molecular weight excluding hydrogens is 256 g/mol. The van der Waals surface area contributed by atoms with Crippen molar-refractivity contribution in [2.24, 2.45) is 0 Å². The standard InChI is InChI=1S/C13H11F2NOS/c14-10-2-1-3-11(7-10)18(17)8-9-4-5-13(16)12(15)6-9/h1-7H,8,16H2. The van der Waals surface area contributed by atoms with E-state index in [0.29, 0.717) is 10.5 Å². The molecule has 0 heterocycles. The molecule has 1 unspecified atom stereocenters. The maximum Gasteiger partial charge on any atom is 0.146 e. The Labute approximate surface area is 106 Å². The van der Waals surface area contributed by atoms with Crippen molar-refractivity contribution in [2.45, 2.75) is 10.6 Å². The zero-order chi connectivity index (χ0) is 13.1. The Hall–Kier alpha value is -1.75. The fourth-order valence-electron chi connectivity index (χ4n) is 1.50. The van der Waals surface area contributed by atoms with Crippen LogP contribution in [0.25, 0.3) is 0 Å². The first-order valence-electron chi connectivity index (χ1n) is 5.24. The van der Waals surface area contributed by atoms with E-state index in [2.05, 4.69) is 0 Å². The Morgan fingerprint density at radius 3 is 2.56 bits per heavy atom. The zero-order valence-corrected chi connectivity index (χ0v) is 10.2. The molecule has 0 saturated heterocycles. The van der Waals surface area contributed by atoms with Crippen molar-refractivity contribution in [3.8, 4) is 0 Å². The quantitative estimate of drug-likeness (QED) is 0.869. The maximum absolute atomic E-state index is 13.2. The predicted molar refractivity (Wildman–Crippen MR) is 67.3 cm³/mol. The summed E-state index contributed by atoms with van der Waals surface area (Å²) in [6.45, 7) is 0. The lowest BCUT2D eigenvalue weighted by Gasteiger charge is -2.04. The van der Waals surface area contributed by atoms with Gasteiger partial charge in [0.05, 0.1) is 22.2 Å². The molecule has 2 nitrogen and oxygen atoms in total. The van der Waals surface area contributed by atoms with Crippen LogP contribution in [0.3, 0.4) is 0 Å². The Balaban J connectivity index is 2.18. The van der Waals surface area contributed by atoms with Crippen molar-refractivity contribution >= 4 is 16.5 Å². The second kappa shape index (κ2) is 5.27. The molecule has 0 spiro atoms. The minimum Gasteiger partial charge on any atom is -0.396 e. The van der Waals surface area contributed by atoms with Crippen LogP contribution >= 0.6 is 0 Å². The smallest absolute Gasteiger partial charge is 0.146 e. The van der Waals surface area contributed by atoms with Gasteiger partial charge in [-0.1, -0.05) is 12.1 Å². The van der Waals surface area contributed by atoms with E-state index in [4.69, 9.17) is 5.73 Å². The summed E-state index contributed by atoms with van der Waals surface area (Å²) in [4.78, 5) is 0.382. The minimum absolute atomic E-state index is 0.0512. The second-order valence-electron chi connectivity index (χ2n) is 3.80. The van der Waals surface area contributed by atoms with Crippen molar-refractivity contribution in [3.63, 3.8) is 0 Å². The van der Waals surface area contributed by atoms with Crippen LogP contribution in [-0.2, 0) is 16.6 Å². The molecule has 18 heavy (non-hydrogen) atoms. The molecule has 5 heteroatoms. The second-order valence-corrected chi connectivity index (χ2v) is 5.25. The lowest BCUT2D eigenvalue weighted by atomic mass is 10.2. The van der Waals surface area contributed by atoms with Gasteiger partial charge >= 0.3 is 0 Å². The Morgan fingerprint density at radius 2 is 1.89 bits per heavy atom. The van der Waals surface area contributed by atoms with Gasteiger partial charge in [0.15, 0.2) is 0 Å². The van der Waals surface area contributed by atoms with Crippen LogP contribution in [0.15, 0.2) is 47.4 Å². The predicted octanol–water partition coefficient (Wildman–Crippen LogP) is 2.85. The van der Waals surface area contributed by atoms with Gasteiger partial charge in [-0.3, -0.25) is 4.21 Å². The summed E-state index contributed by atoms with van der Waals surface area (Å²) in [6, 6.07) is 9.84. The molecule has 0 aromatic heterocycles. The number of benzene rings is 2. The summed E-state index contributed by atoms with van der Waals surface area (Å²) < 4.78 is 38.1. The summed E-state index contributed by atoms with van der Waals surface area (Å²) in [5.41, 5.74) is 5.96. The average Bonchev–Trinajstić information content (AvgIpc) is 2.34. The number of anilines is 1. The topological polar surface area (TPSA) is 43.1 Å². The molecule has 0 aliphatic heterocycles. The SMILES string of the molecule is Nc1ccc(CS(=O)c2cccc(F)c2)cc1F. The molecule has 2 aromatic carbocycles. The largest absolute Gasteiger partial charge is 0.396 e. The van der Waals surface area contributed by atoms with Gasteiger partial charge in [0.2, 0.25) is 0 Å². The third kappa shape index (κ3) is 2.92. The summed E-state index contributed by atoms with van der Waals surface area (Å²) in [7, 11) is -1.41. The monoisotopic (exact) mass is 267 g/mol. The number of nitrogen functional groups attached to an aromatic ring is 1. The van der Waals surface area contributed by atoms with Crippen molar-refractivity contribution in [1.29, 1.82) is 0 Å². The van der Waals surface area contributed by atoms with Gasteiger partial charge in [-0.25, -0.2) is 8.78 Å². The first-order valence-corrected chi connectivity index (χ1v) is 6.56. The third-order valence-corrected chi connectivity index (χ3v) is 3.80. The lowest BCUT2D eigenvalue weighted by molar-refractivity contribution is 0.622. The molecule has 0 radical (unpaired) electrons. The van der Waals surface area contributed by atoms with E-state index in [1.54, 1.807) is 12.1 Å². The van der Waals surface area contributed by atoms with Gasteiger partial charge < -0.3 is 5.73 Å². The van der Waals surface area contributed by atoms with Crippen molar-refractivity contribution in [3.05, 3.63) is 59.7 Å². The summed E-state index contributed by atoms with van der Waals surface area (Å²) in [5.74, 6) is -0.853. The number of hydrogen-bond donors (Lipinski definition) is 1. The molecule has 0 aliphatic carbocycles. The van der Waals surface area contributed by atoms with E-state index in [1.165, 1.54) is 30.3 Å². The van der Waals surface area contributed by atoms with Gasteiger partial charge in [0.1, 0.15) is 11.6 Å². The molecular formula is C13H11F2NOS. The van der Waals surface area contributed by atoms with E-state index in [0.717, 1.165) is 0 Å². The highest BCUT2D eigenvalue weighted by atomic mass is 32.2. The summed E-state index contributed by atoms with van der Waals surface area (Å²) >= 11 is 0. The van der Waals surface area contributed by atoms with Crippen LogP contribution in [0.1, 0.15) is 5.56 Å². The van der Waals surface area contributed by atoms with Crippen LogP contribution in [0.5, 0.6) is 0 Å². The van der Waals surface area contributed by atoms with E-state index in [1.807, 2.05) is 0 Å². The van der Waals surface area contributed by atoms with Crippen LogP contribution in [0.2, 0.25) is 0 Å². The van der Waals surface area contributed by atoms with Crippen LogP contribution in [0, 0.1) is 11.6 Å². The fraction of sp³-hybridized carbons (Fsp3) is 0.0769. The maximum atomic E-state index is 13.2. The van der Waals surface area contributed by atoms with Crippen molar-refractivity contribution < 1.29 is 13.0 Å². The molecule has 0 saturated carbocycles. The highest BCUT2D eigenvalue weighted by molar-refractivity contribution is 7.84. The van der Waals surface area contributed by atoms with Gasteiger partial charge in [0.25, 0.3) is 0 Å². The molecule has 2 aromatic rings. The molecule has 2 rings (SSSR count). The average molecular weight is 267 g/mol. The lowest BCUT2D eigenvalue weighted by Crippen LogP contribution is -1.99. The van der Waals surface area contributed by atoms with E-state index < -0.39 is 22.4 Å². The summed E-state index contributed by atoms with van der Waals surface area (Å²) in [6.07, 6.45) is 0. The van der Waals surface area contributed by atoms with Crippen molar-refractivity contribution in [1.82, 2.24) is 0 Å². The highest BCUT2D eigenvalue weighted by Gasteiger charge is 2.08. The molecule has 1 atom stereocenters. The van der Waals surface area contributed by atoms with Crippen LogP contribution in [-0.4, -0.2) is 4.21 Å². The van der Waals surface area contributed by atoms with Gasteiger partial charge in [-0.15, -0.1) is 0 Å². The molecule has 0 aliphatic rings. The molecule has 0 bridgehead atoms. The first-order chi connectivity index (χ1) is 8.56. The van der Waals surface area contributed by atoms with Crippen LogP contribution in [0.4, 0.5) is 14.5 Å². The highest BCUT2D eigenvalue weighted by Crippen LogP contribution is 2.17. The molecule has 0 fully saturated rings.